The Balaban J connectivity index is 1.70. The van der Waals surface area contributed by atoms with Crippen LogP contribution in [0.25, 0.3) is 0 Å². The monoisotopic (exact) mass is 223 g/mol. The lowest BCUT2D eigenvalue weighted by atomic mass is 10.2. The molecule has 86 valence electrons. The maximum atomic E-state index is 11.5. The summed E-state index contributed by atoms with van der Waals surface area (Å²) in [4.78, 5) is 26.4. The maximum absolute atomic E-state index is 11.5. The van der Waals surface area contributed by atoms with Crippen LogP contribution in [0, 0.1) is 0 Å². The van der Waals surface area contributed by atoms with Crippen molar-refractivity contribution < 1.29 is 9.59 Å². The molecule has 0 aliphatic carbocycles. The first kappa shape index (κ1) is 10.6. The first-order chi connectivity index (χ1) is 7.75. The van der Waals surface area contributed by atoms with E-state index in [1.807, 2.05) is 0 Å². The minimum Gasteiger partial charge on any atom is -0.354 e. The summed E-state index contributed by atoms with van der Waals surface area (Å²) < 4.78 is 0. The van der Waals surface area contributed by atoms with Gasteiger partial charge in [0.15, 0.2) is 0 Å². The predicted octanol–water partition coefficient (Wildman–Crippen LogP) is -1.26. The predicted molar refractivity (Wildman–Crippen MR) is 54.3 cm³/mol. The van der Waals surface area contributed by atoms with E-state index < -0.39 is 0 Å². The number of amides is 2. The number of rotatable bonds is 4. The Kier molecular flexibility index (Phi) is 3.13. The fourth-order valence-corrected chi connectivity index (χ4v) is 1.59. The number of nitrogens with one attached hydrogen (secondary N) is 3. The molecule has 2 amide bonds. The molecular weight excluding hydrogens is 210 g/mol. The van der Waals surface area contributed by atoms with Gasteiger partial charge in [-0.25, -0.2) is 4.98 Å². The van der Waals surface area contributed by atoms with E-state index in [-0.39, 0.29) is 17.9 Å². The summed E-state index contributed by atoms with van der Waals surface area (Å²) in [6.07, 6.45) is 3.04. The number of H-pyrrole nitrogens is 1. The van der Waals surface area contributed by atoms with Crippen molar-refractivity contribution in [1.29, 1.82) is 0 Å². The van der Waals surface area contributed by atoms with E-state index in [0.717, 1.165) is 5.82 Å². The van der Waals surface area contributed by atoms with Crippen LogP contribution in [-0.4, -0.2) is 39.6 Å². The third-order valence-corrected chi connectivity index (χ3v) is 2.44. The third kappa shape index (κ3) is 2.56. The van der Waals surface area contributed by atoms with Crippen LogP contribution in [-0.2, 0) is 16.0 Å². The molecule has 16 heavy (non-hydrogen) atoms. The van der Waals surface area contributed by atoms with Crippen LogP contribution in [0.5, 0.6) is 0 Å². The molecule has 1 saturated heterocycles. The Morgan fingerprint density at radius 1 is 1.62 bits per heavy atom. The molecule has 0 saturated carbocycles. The van der Waals surface area contributed by atoms with E-state index in [4.69, 9.17) is 0 Å². The molecular formula is C9H13N5O2. The van der Waals surface area contributed by atoms with Crippen LogP contribution in [0.4, 0.5) is 0 Å². The molecule has 0 bridgehead atoms. The summed E-state index contributed by atoms with van der Waals surface area (Å²) in [5.41, 5.74) is 0. The summed E-state index contributed by atoms with van der Waals surface area (Å²) >= 11 is 0. The Morgan fingerprint density at radius 3 is 3.12 bits per heavy atom. The number of carbonyl (C=O) groups excluding carboxylic acids is 2. The molecule has 1 aromatic rings. The SMILES string of the molecule is O=C1CC[C@@H](C(=O)NCCc2ncn[nH]2)N1. The first-order valence-electron chi connectivity index (χ1n) is 5.17. The second-order valence-electron chi connectivity index (χ2n) is 3.63. The molecule has 1 aliphatic heterocycles. The van der Waals surface area contributed by atoms with Gasteiger partial charge in [-0.15, -0.1) is 0 Å². The van der Waals surface area contributed by atoms with Gasteiger partial charge in [-0.2, -0.15) is 5.10 Å². The van der Waals surface area contributed by atoms with E-state index in [9.17, 15) is 9.59 Å². The summed E-state index contributed by atoms with van der Waals surface area (Å²) in [6.45, 7) is 0.487. The molecule has 7 heteroatoms. The van der Waals surface area contributed by atoms with Crippen LogP contribution in [0.15, 0.2) is 6.33 Å². The first-order valence-corrected chi connectivity index (χ1v) is 5.17. The molecule has 2 rings (SSSR count). The van der Waals surface area contributed by atoms with Crippen molar-refractivity contribution in [3.05, 3.63) is 12.2 Å². The van der Waals surface area contributed by atoms with Crippen LogP contribution in [0.2, 0.25) is 0 Å². The van der Waals surface area contributed by atoms with Crippen molar-refractivity contribution in [3.63, 3.8) is 0 Å². The lowest BCUT2D eigenvalue weighted by Crippen LogP contribution is -2.42. The number of hydrogen-bond donors (Lipinski definition) is 3. The van der Waals surface area contributed by atoms with Crippen molar-refractivity contribution in [2.24, 2.45) is 0 Å². The zero-order valence-corrected chi connectivity index (χ0v) is 8.69. The van der Waals surface area contributed by atoms with Gasteiger partial charge in [-0.05, 0) is 6.42 Å². The second-order valence-corrected chi connectivity index (χ2v) is 3.63. The van der Waals surface area contributed by atoms with Crippen molar-refractivity contribution in [1.82, 2.24) is 25.8 Å². The number of carbonyl (C=O) groups is 2. The summed E-state index contributed by atoms with van der Waals surface area (Å²) in [6, 6.07) is -0.373. The van der Waals surface area contributed by atoms with Crippen LogP contribution in [0.1, 0.15) is 18.7 Å². The van der Waals surface area contributed by atoms with E-state index in [2.05, 4.69) is 25.8 Å². The average Bonchev–Trinajstić information content (AvgIpc) is 2.89. The van der Waals surface area contributed by atoms with Gasteiger partial charge >= 0.3 is 0 Å². The van der Waals surface area contributed by atoms with Crippen LogP contribution >= 0.6 is 0 Å². The molecule has 3 N–H and O–H groups in total. The number of nitrogens with zero attached hydrogens (tertiary/aromatic N) is 2. The lowest BCUT2D eigenvalue weighted by Gasteiger charge is -2.09. The highest BCUT2D eigenvalue weighted by molar-refractivity contribution is 5.90. The summed E-state index contributed by atoms with van der Waals surface area (Å²) in [7, 11) is 0. The van der Waals surface area contributed by atoms with Gasteiger partial charge in [-0.3, -0.25) is 14.7 Å². The number of aromatic nitrogens is 3. The zero-order chi connectivity index (χ0) is 11.4. The van der Waals surface area contributed by atoms with Gasteiger partial charge in [0, 0.05) is 19.4 Å². The average molecular weight is 223 g/mol. The summed E-state index contributed by atoms with van der Waals surface area (Å²) in [5.74, 6) is 0.538. The Labute approximate surface area is 92.0 Å². The van der Waals surface area contributed by atoms with Crippen LogP contribution < -0.4 is 10.6 Å². The number of hydrogen-bond acceptors (Lipinski definition) is 4. The highest BCUT2D eigenvalue weighted by atomic mass is 16.2. The minimum absolute atomic E-state index is 0.0598. The highest BCUT2D eigenvalue weighted by Crippen LogP contribution is 2.05. The van der Waals surface area contributed by atoms with Gasteiger partial charge in [0.25, 0.3) is 0 Å². The largest absolute Gasteiger partial charge is 0.354 e. The fraction of sp³-hybridized carbons (Fsp3) is 0.556. The van der Waals surface area contributed by atoms with Crippen molar-refractivity contribution in [2.75, 3.05) is 6.54 Å². The topological polar surface area (TPSA) is 99.8 Å². The molecule has 2 heterocycles. The van der Waals surface area contributed by atoms with Gasteiger partial charge in [-0.1, -0.05) is 0 Å². The smallest absolute Gasteiger partial charge is 0.242 e. The van der Waals surface area contributed by atoms with Crippen molar-refractivity contribution in [3.8, 4) is 0 Å². The van der Waals surface area contributed by atoms with Crippen molar-refractivity contribution in [2.45, 2.75) is 25.3 Å². The molecule has 1 fully saturated rings. The van der Waals surface area contributed by atoms with E-state index in [1.165, 1.54) is 6.33 Å². The van der Waals surface area contributed by atoms with Crippen LogP contribution in [0.3, 0.4) is 0 Å². The zero-order valence-electron chi connectivity index (χ0n) is 8.69. The van der Waals surface area contributed by atoms with E-state index in [1.54, 1.807) is 0 Å². The Bertz CT molecular complexity index is 375. The number of aromatic amines is 1. The summed E-state index contributed by atoms with van der Waals surface area (Å²) in [5, 5.41) is 11.8. The highest BCUT2D eigenvalue weighted by Gasteiger charge is 2.26. The molecule has 1 aliphatic rings. The fourth-order valence-electron chi connectivity index (χ4n) is 1.59. The molecule has 0 unspecified atom stereocenters. The molecule has 7 nitrogen and oxygen atoms in total. The lowest BCUT2D eigenvalue weighted by molar-refractivity contribution is -0.125. The molecule has 0 aromatic carbocycles. The molecule has 0 radical (unpaired) electrons. The second kappa shape index (κ2) is 4.73. The van der Waals surface area contributed by atoms with Gasteiger partial charge in [0.05, 0.1) is 0 Å². The van der Waals surface area contributed by atoms with E-state index in [0.29, 0.717) is 25.8 Å². The minimum atomic E-state index is -0.373. The third-order valence-electron chi connectivity index (χ3n) is 2.44. The van der Waals surface area contributed by atoms with Gasteiger partial charge < -0.3 is 10.6 Å². The quantitative estimate of drug-likeness (QED) is 0.593. The molecule has 1 aromatic heterocycles. The normalized spacial score (nSPS) is 19.5. The standard InChI is InChI=1S/C9H13N5O2/c15-8-2-1-6(13-8)9(16)10-4-3-7-11-5-12-14-7/h5-6H,1-4H2,(H,10,16)(H,13,15)(H,11,12,14)/t6-/m0/s1. The maximum Gasteiger partial charge on any atom is 0.242 e. The molecule has 0 spiro atoms. The van der Waals surface area contributed by atoms with E-state index >= 15 is 0 Å². The Morgan fingerprint density at radius 2 is 2.50 bits per heavy atom. The van der Waals surface area contributed by atoms with Gasteiger partial charge in [0.2, 0.25) is 11.8 Å². The van der Waals surface area contributed by atoms with Crippen molar-refractivity contribution >= 4 is 11.8 Å². The van der Waals surface area contributed by atoms with Gasteiger partial charge in [0.1, 0.15) is 18.2 Å². The molecule has 1 atom stereocenters. The Hall–Kier alpha value is -1.92.